The molecular weight excluding hydrogens is 299 g/mol. The third-order valence-electron chi connectivity index (χ3n) is 2.54. The van der Waals surface area contributed by atoms with E-state index in [0.717, 1.165) is 11.3 Å². The van der Waals surface area contributed by atoms with Gasteiger partial charge in [-0.25, -0.2) is 0 Å². The van der Waals surface area contributed by atoms with Crippen molar-refractivity contribution >= 4 is 57.7 Å². The van der Waals surface area contributed by atoms with Crippen LogP contribution in [0.4, 0.5) is 0 Å². The lowest BCUT2D eigenvalue weighted by Gasteiger charge is -2.28. The van der Waals surface area contributed by atoms with E-state index in [9.17, 15) is 4.79 Å². The second-order valence-corrected chi connectivity index (χ2v) is 6.47. The first-order valence-electron chi connectivity index (χ1n) is 4.87. The molecule has 3 nitrogen and oxygen atoms in total. The molecule has 7 heteroatoms. The molecule has 0 spiro atoms. The first-order valence-corrected chi connectivity index (χ1v) is 6.85. The van der Waals surface area contributed by atoms with E-state index in [1.165, 1.54) is 6.07 Å². The zero-order valence-corrected chi connectivity index (χ0v) is 12.5. The molecule has 94 valence electrons. The van der Waals surface area contributed by atoms with E-state index in [4.69, 9.17) is 41.2 Å². The zero-order chi connectivity index (χ0) is 13.2. The largest absolute Gasteiger partial charge is 0.391 e. The van der Waals surface area contributed by atoms with Crippen molar-refractivity contribution in [2.24, 2.45) is 5.73 Å². The van der Waals surface area contributed by atoms with Crippen molar-refractivity contribution in [2.45, 2.75) is 25.8 Å². The Hall–Kier alpha value is -0.360. The van der Waals surface area contributed by atoms with Gasteiger partial charge >= 0.3 is 0 Å². The second kappa shape index (κ2) is 5.52. The fourth-order valence-corrected chi connectivity index (χ4v) is 2.79. The number of hydrogen-bond acceptors (Lipinski definition) is 3. The van der Waals surface area contributed by atoms with E-state index >= 15 is 0 Å². The summed E-state index contributed by atoms with van der Waals surface area (Å²) in [4.78, 5) is 12.2. The quantitative estimate of drug-likeness (QED) is 0.839. The van der Waals surface area contributed by atoms with Crippen LogP contribution in [0.1, 0.15) is 30.6 Å². The van der Waals surface area contributed by atoms with E-state index < -0.39 is 5.54 Å². The third kappa shape index (κ3) is 3.31. The van der Waals surface area contributed by atoms with Gasteiger partial charge in [-0.1, -0.05) is 42.3 Å². The molecule has 1 rings (SSSR count). The maximum absolute atomic E-state index is 12.0. The molecule has 1 atom stereocenters. The highest BCUT2D eigenvalue weighted by atomic mass is 35.5. The maximum Gasteiger partial charge on any atom is 0.254 e. The van der Waals surface area contributed by atoms with Crippen LogP contribution in [0.25, 0.3) is 0 Å². The van der Waals surface area contributed by atoms with E-state index in [1.54, 1.807) is 6.92 Å². The van der Waals surface area contributed by atoms with Crippen molar-refractivity contribution in [1.82, 2.24) is 5.32 Å². The maximum atomic E-state index is 12.0. The molecule has 1 aromatic heterocycles. The fourth-order valence-electron chi connectivity index (χ4n) is 1.14. The average Bonchev–Trinajstić information content (AvgIpc) is 2.57. The molecule has 1 aromatic rings. The van der Waals surface area contributed by atoms with Crippen LogP contribution in [0, 0.1) is 0 Å². The second-order valence-electron chi connectivity index (χ2n) is 3.74. The van der Waals surface area contributed by atoms with E-state index in [2.05, 4.69) is 5.32 Å². The summed E-state index contributed by atoms with van der Waals surface area (Å²) in [5, 5.41) is 2.77. The van der Waals surface area contributed by atoms with E-state index in [0.29, 0.717) is 20.7 Å². The standard InChI is InChI=1S/C10H12Cl2N2OS2/c1-3-10(2,9(13)16)14-8(15)5-4-6(11)17-7(5)12/h4H,3H2,1-2H3,(H2,13,16)(H,14,15). The predicted molar refractivity (Wildman–Crippen MR) is 77.3 cm³/mol. The highest BCUT2D eigenvalue weighted by Gasteiger charge is 2.29. The Morgan fingerprint density at radius 1 is 1.65 bits per heavy atom. The number of nitrogens with two attached hydrogens (primary N) is 1. The van der Waals surface area contributed by atoms with Crippen molar-refractivity contribution < 1.29 is 4.79 Å². The number of hydrogen-bond donors (Lipinski definition) is 2. The number of carbonyl (C=O) groups is 1. The Kier molecular flexibility index (Phi) is 4.77. The van der Waals surface area contributed by atoms with Gasteiger partial charge in [-0.05, 0) is 19.4 Å². The molecule has 0 aliphatic heterocycles. The lowest BCUT2D eigenvalue weighted by molar-refractivity contribution is 0.0927. The molecule has 1 unspecified atom stereocenters. The molecule has 0 saturated carbocycles. The topological polar surface area (TPSA) is 55.1 Å². The summed E-state index contributed by atoms with van der Waals surface area (Å²) in [6, 6.07) is 1.53. The molecule has 0 radical (unpaired) electrons. The van der Waals surface area contributed by atoms with E-state index in [-0.39, 0.29) is 10.9 Å². The third-order valence-corrected chi connectivity index (χ3v) is 4.48. The molecule has 1 heterocycles. The van der Waals surface area contributed by atoms with Crippen LogP contribution in [0.15, 0.2) is 6.07 Å². The van der Waals surface area contributed by atoms with Gasteiger partial charge in [-0.3, -0.25) is 4.79 Å². The summed E-state index contributed by atoms with van der Waals surface area (Å²) in [5.41, 5.74) is 5.24. The fraction of sp³-hybridized carbons (Fsp3) is 0.400. The molecule has 0 saturated heterocycles. The first kappa shape index (κ1) is 14.7. The predicted octanol–water partition coefficient (Wildman–Crippen LogP) is 3.24. The Labute approximate surface area is 119 Å². The first-order chi connectivity index (χ1) is 7.80. The van der Waals surface area contributed by atoms with Gasteiger partial charge in [-0.15, -0.1) is 11.3 Å². The molecule has 3 N–H and O–H groups in total. The lowest BCUT2D eigenvalue weighted by Crippen LogP contribution is -2.54. The van der Waals surface area contributed by atoms with Gasteiger partial charge in [0.05, 0.1) is 20.4 Å². The molecule has 0 aromatic carbocycles. The minimum atomic E-state index is -0.718. The van der Waals surface area contributed by atoms with Crippen LogP contribution >= 0.6 is 46.8 Å². The van der Waals surface area contributed by atoms with Crippen LogP contribution in [0.2, 0.25) is 8.67 Å². The Morgan fingerprint density at radius 3 is 2.59 bits per heavy atom. The van der Waals surface area contributed by atoms with Crippen molar-refractivity contribution in [1.29, 1.82) is 0 Å². The molecule has 17 heavy (non-hydrogen) atoms. The van der Waals surface area contributed by atoms with Crippen LogP contribution in [-0.2, 0) is 0 Å². The number of amides is 1. The number of thiocarbonyl (C=S) groups is 1. The smallest absolute Gasteiger partial charge is 0.254 e. The molecule has 0 fully saturated rings. The number of rotatable bonds is 4. The number of halogens is 2. The normalized spacial score (nSPS) is 14.1. The minimum Gasteiger partial charge on any atom is -0.391 e. The van der Waals surface area contributed by atoms with Crippen molar-refractivity contribution in [3.63, 3.8) is 0 Å². The summed E-state index contributed by atoms with van der Waals surface area (Å²) < 4.78 is 0.822. The summed E-state index contributed by atoms with van der Waals surface area (Å²) >= 11 is 17.8. The monoisotopic (exact) mass is 310 g/mol. The average molecular weight is 311 g/mol. The molecule has 0 bridgehead atoms. The zero-order valence-electron chi connectivity index (χ0n) is 9.34. The van der Waals surface area contributed by atoms with Crippen LogP contribution in [0.5, 0.6) is 0 Å². The number of carbonyl (C=O) groups excluding carboxylic acids is 1. The molecular formula is C10H12Cl2N2OS2. The van der Waals surface area contributed by atoms with Crippen molar-refractivity contribution in [3.05, 3.63) is 20.3 Å². The van der Waals surface area contributed by atoms with Gasteiger partial charge in [0.15, 0.2) is 0 Å². The Balaban J connectivity index is 2.93. The van der Waals surface area contributed by atoms with Crippen LogP contribution in [0.3, 0.4) is 0 Å². The van der Waals surface area contributed by atoms with Crippen molar-refractivity contribution in [2.75, 3.05) is 0 Å². The van der Waals surface area contributed by atoms with Gasteiger partial charge in [0, 0.05) is 0 Å². The van der Waals surface area contributed by atoms with E-state index in [1.807, 2.05) is 6.92 Å². The summed E-state index contributed by atoms with van der Waals surface area (Å²) in [7, 11) is 0. The van der Waals surface area contributed by atoms with Gasteiger partial charge < -0.3 is 11.1 Å². The van der Waals surface area contributed by atoms with Crippen LogP contribution < -0.4 is 11.1 Å². The SMILES string of the molecule is CCC(C)(NC(=O)c1cc(Cl)sc1Cl)C(N)=S. The molecule has 0 aliphatic rings. The van der Waals surface area contributed by atoms with Crippen LogP contribution in [-0.4, -0.2) is 16.4 Å². The van der Waals surface area contributed by atoms with Gasteiger partial charge in [0.25, 0.3) is 5.91 Å². The Morgan fingerprint density at radius 2 is 2.24 bits per heavy atom. The molecule has 1 amide bonds. The highest BCUT2D eigenvalue weighted by molar-refractivity contribution is 7.80. The summed E-state index contributed by atoms with van der Waals surface area (Å²) in [5.74, 6) is -0.324. The number of nitrogens with one attached hydrogen (secondary N) is 1. The van der Waals surface area contributed by atoms with Gasteiger partial charge in [-0.2, -0.15) is 0 Å². The van der Waals surface area contributed by atoms with Crippen molar-refractivity contribution in [3.8, 4) is 0 Å². The number of thiophene rings is 1. The van der Waals surface area contributed by atoms with Gasteiger partial charge in [0.2, 0.25) is 0 Å². The summed E-state index contributed by atoms with van der Waals surface area (Å²) in [6.45, 7) is 3.66. The lowest BCUT2D eigenvalue weighted by atomic mass is 9.98. The Bertz CT molecular complexity index is 461. The highest BCUT2D eigenvalue weighted by Crippen LogP contribution is 2.31. The minimum absolute atomic E-state index is 0.241. The van der Waals surface area contributed by atoms with Gasteiger partial charge in [0.1, 0.15) is 4.34 Å². The molecule has 0 aliphatic carbocycles. The summed E-state index contributed by atoms with van der Waals surface area (Å²) in [6.07, 6.45) is 0.601.